The largest absolute Gasteiger partial charge is 0.508 e. The number of nitrogens with one attached hydrogen (secondary N) is 1. The minimum atomic E-state index is 0. The third-order valence-corrected chi connectivity index (χ3v) is 3.18. The predicted molar refractivity (Wildman–Crippen MR) is 107 cm³/mol. The fourth-order valence-electron chi connectivity index (χ4n) is 1.82. The molecule has 0 saturated carbocycles. The van der Waals surface area contributed by atoms with Crippen LogP contribution in [0.25, 0.3) is 0 Å². The summed E-state index contributed by atoms with van der Waals surface area (Å²) >= 11 is 0. The Labute approximate surface area is 149 Å². The molecule has 2 aromatic carbocycles. The number of hydrogen-bond donors (Lipinski definition) is 2. The highest BCUT2D eigenvalue weighted by atomic mass is 16.5. The number of phenols is 1. The van der Waals surface area contributed by atoms with E-state index in [-0.39, 0.29) is 12.6 Å². The Balaban J connectivity index is 0. The second kappa shape index (κ2) is 11.5. The maximum Gasteiger partial charge on any atom is 0.117 e. The molecule has 0 heterocycles. The van der Waals surface area contributed by atoms with Gasteiger partial charge in [-0.1, -0.05) is 70.5 Å². The number of benzene rings is 2. The SMILES string of the molecule is CC.COCNc1cccc(O)c1.Cc1ccc(C(C)(C)C)cc1.[HH]. The maximum absolute atomic E-state index is 9.03. The van der Waals surface area contributed by atoms with E-state index in [4.69, 9.17) is 9.84 Å². The average Bonchev–Trinajstić information content (AvgIpc) is 2.55. The van der Waals surface area contributed by atoms with Crippen LogP contribution in [-0.4, -0.2) is 18.9 Å². The van der Waals surface area contributed by atoms with Gasteiger partial charge in [0.15, 0.2) is 0 Å². The molecule has 2 rings (SSSR count). The van der Waals surface area contributed by atoms with E-state index in [0.29, 0.717) is 6.73 Å². The Morgan fingerprint density at radius 1 is 1.04 bits per heavy atom. The molecule has 0 amide bonds. The summed E-state index contributed by atoms with van der Waals surface area (Å²) in [5, 5.41) is 12.0. The highest BCUT2D eigenvalue weighted by molar-refractivity contribution is 5.47. The van der Waals surface area contributed by atoms with Gasteiger partial charge >= 0.3 is 0 Å². The molecular weight excluding hydrogens is 298 g/mol. The zero-order chi connectivity index (χ0) is 18.6. The minimum absolute atomic E-state index is 0. The van der Waals surface area contributed by atoms with E-state index in [1.807, 2.05) is 19.9 Å². The number of hydrogen-bond acceptors (Lipinski definition) is 3. The summed E-state index contributed by atoms with van der Waals surface area (Å²) in [5.41, 5.74) is 3.88. The van der Waals surface area contributed by atoms with E-state index in [2.05, 4.69) is 57.3 Å². The van der Waals surface area contributed by atoms with Gasteiger partial charge in [-0.2, -0.15) is 0 Å². The number of rotatable bonds is 3. The second-order valence-electron chi connectivity index (χ2n) is 6.28. The Bertz CT molecular complexity index is 563. The standard InChI is InChI=1S/C11H16.C8H11NO2.C2H6.H2/c1-9-5-7-10(8-6-9)11(2,3)4;1-11-6-9-7-3-2-4-8(10)5-7;1-2;/h5-8H,1-4H3;2-5,9-10H,6H2,1H3;1-2H3;1H. The van der Waals surface area contributed by atoms with E-state index in [0.717, 1.165) is 5.69 Å². The number of aromatic hydroxyl groups is 1. The smallest absolute Gasteiger partial charge is 0.117 e. The molecule has 0 aliphatic heterocycles. The van der Waals surface area contributed by atoms with Gasteiger partial charge in [0.1, 0.15) is 12.5 Å². The van der Waals surface area contributed by atoms with Gasteiger partial charge in [0.2, 0.25) is 0 Å². The lowest BCUT2D eigenvalue weighted by atomic mass is 9.87. The first-order valence-corrected chi connectivity index (χ1v) is 8.42. The van der Waals surface area contributed by atoms with Crippen LogP contribution < -0.4 is 5.32 Å². The highest BCUT2D eigenvalue weighted by Gasteiger charge is 2.11. The van der Waals surface area contributed by atoms with Crippen LogP contribution in [-0.2, 0) is 10.2 Å². The first-order chi connectivity index (χ1) is 11.3. The molecule has 2 N–H and O–H groups in total. The van der Waals surface area contributed by atoms with Gasteiger partial charge in [-0.05, 0) is 30.0 Å². The Hall–Kier alpha value is -2.00. The van der Waals surface area contributed by atoms with E-state index in [1.165, 1.54) is 11.1 Å². The van der Waals surface area contributed by atoms with Crippen LogP contribution in [0.1, 0.15) is 47.2 Å². The van der Waals surface area contributed by atoms with Crippen LogP contribution in [0.4, 0.5) is 5.69 Å². The van der Waals surface area contributed by atoms with E-state index in [1.54, 1.807) is 25.3 Å². The number of ether oxygens (including phenoxy) is 1. The topological polar surface area (TPSA) is 41.5 Å². The van der Waals surface area contributed by atoms with Crippen molar-refractivity contribution in [2.24, 2.45) is 0 Å². The fraction of sp³-hybridized carbons (Fsp3) is 0.429. The molecule has 0 radical (unpaired) electrons. The van der Waals surface area contributed by atoms with Gasteiger partial charge in [0, 0.05) is 20.3 Å². The summed E-state index contributed by atoms with van der Waals surface area (Å²) in [6.45, 7) is 13.3. The van der Waals surface area contributed by atoms with Gasteiger partial charge in [-0.3, -0.25) is 0 Å². The summed E-state index contributed by atoms with van der Waals surface area (Å²) in [5.74, 6) is 0.256. The van der Waals surface area contributed by atoms with Gasteiger partial charge in [-0.25, -0.2) is 0 Å². The van der Waals surface area contributed by atoms with Crippen molar-refractivity contribution in [1.82, 2.24) is 0 Å². The summed E-state index contributed by atoms with van der Waals surface area (Å²) in [7, 11) is 1.61. The molecule has 136 valence electrons. The predicted octanol–water partition coefficient (Wildman–Crippen LogP) is 5.97. The molecule has 0 bridgehead atoms. The van der Waals surface area contributed by atoms with Gasteiger partial charge in [0.25, 0.3) is 0 Å². The molecule has 0 aliphatic rings. The van der Waals surface area contributed by atoms with Gasteiger partial charge < -0.3 is 15.2 Å². The maximum atomic E-state index is 9.03. The van der Waals surface area contributed by atoms with Crippen molar-refractivity contribution in [1.29, 1.82) is 0 Å². The van der Waals surface area contributed by atoms with Crippen LogP contribution >= 0.6 is 0 Å². The van der Waals surface area contributed by atoms with Crippen molar-refractivity contribution < 1.29 is 11.3 Å². The minimum Gasteiger partial charge on any atom is -0.508 e. The monoisotopic (exact) mass is 333 g/mol. The second-order valence-corrected chi connectivity index (χ2v) is 6.28. The van der Waals surface area contributed by atoms with E-state index >= 15 is 0 Å². The molecule has 0 fully saturated rings. The van der Waals surface area contributed by atoms with Crippen LogP contribution in [0, 0.1) is 6.92 Å². The van der Waals surface area contributed by atoms with E-state index in [9.17, 15) is 0 Å². The number of aryl methyl sites for hydroxylation is 1. The van der Waals surface area contributed by atoms with Crippen molar-refractivity contribution in [2.75, 3.05) is 19.2 Å². The summed E-state index contributed by atoms with van der Waals surface area (Å²) in [6.07, 6.45) is 0. The molecule has 3 heteroatoms. The van der Waals surface area contributed by atoms with Crippen LogP contribution in [0.3, 0.4) is 0 Å². The first-order valence-electron chi connectivity index (χ1n) is 8.42. The van der Waals surface area contributed by atoms with Crippen molar-refractivity contribution in [2.45, 2.75) is 47.0 Å². The molecule has 0 spiro atoms. The molecule has 3 nitrogen and oxygen atoms in total. The third kappa shape index (κ3) is 9.21. The molecule has 0 atom stereocenters. The third-order valence-electron chi connectivity index (χ3n) is 3.18. The van der Waals surface area contributed by atoms with Crippen LogP contribution in [0.2, 0.25) is 0 Å². The summed E-state index contributed by atoms with van der Waals surface area (Å²) < 4.78 is 4.79. The Morgan fingerprint density at radius 2 is 1.62 bits per heavy atom. The fourth-order valence-corrected chi connectivity index (χ4v) is 1.82. The molecule has 24 heavy (non-hydrogen) atoms. The summed E-state index contributed by atoms with van der Waals surface area (Å²) in [4.78, 5) is 0. The lowest BCUT2D eigenvalue weighted by Crippen LogP contribution is -2.10. The molecule has 0 saturated heterocycles. The zero-order valence-corrected chi connectivity index (χ0v) is 16.2. The average molecular weight is 334 g/mol. The lowest BCUT2D eigenvalue weighted by molar-refractivity contribution is 0.221. The normalized spacial score (nSPS) is 9.96. The number of phenolic OH excluding ortho intramolecular Hbond substituents is 1. The van der Waals surface area contributed by atoms with Crippen molar-refractivity contribution >= 4 is 5.69 Å². The van der Waals surface area contributed by atoms with Crippen LogP contribution in [0.15, 0.2) is 48.5 Å². The van der Waals surface area contributed by atoms with Crippen LogP contribution in [0.5, 0.6) is 5.75 Å². The summed E-state index contributed by atoms with van der Waals surface area (Å²) in [6, 6.07) is 15.6. The molecule has 2 aromatic rings. The van der Waals surface area contributed by atoms with Crippen molar-refractivity contribution in [3.8, 4) is 5.75 Å². The highest BCUT2D eigenvalue weighted by Crippen LogP contribution is 2.21. The quantitative estimate of drug-likeness (QED) is 0.680. The van der Waals surface area contributed by atoms with Crippen molar-refractivity contribution in [3.05, 3.63) is 59.7 Å². The number of anilines is 1. The van der Waals surface area contributed by atoms with E-state index < -0.39 is 0 Å². The molecule has 0 unspecified atom stereocenters. The van der Waals surface area contributed by atoms with Gasteiger partial charge in [0.05, 0.1) is 0 Å². The lowest BCUT2D eigenvalue weighted by Gasteiger charge is -2.18. The van der Waals surface area contributed by atoms with Gasteiger partial charge in [-0.15, -0.1) is 0 Å². The molecular formula is C21H35NO2. The molecule has 0 aliphatic carbocycles. The number of methoxy groups -OCH3 is 1. The van der Waals surface area contributed by atoms with Crippen molar-refractivity contribution in [3.63, 3.8) is 0 Å². The first kappa shape index (κ1) is 22.0. The Kier molecular flexibility index (Phi) is 10.6. The Morgan fingerprint density at radius 3 is 2.08 bits per heavy atom. The molecule has 0 aromatic heterocycles. The zero-order valence-electron chi connectivity index (χ0n) is 16.2.